The van der Waals surface area contributed by atoms with Gasteiger partial charge < -0.3 is 10.2 Å². The van der Waals surface area contributed by atoms with E-state index in [1.807, 2.05) is 0 Å². The monoisotopic (exact) mass is 238 g/mol. The molecule has 0 amide bonds. The SMILES string of the molecule is CN1CCC(CNCCCC2CCCC2)CC1. The number of rotatable bonds is 6. The number of nitrogens with zero attached hydrogens (tertiary/aromatic N) is 1. The molecule has 100 valence electrons. The van der Waals surface area contributed by atoms with Crippen LogP contribution in [-0.2, 0) is 0 Å². The second-order valence-corrected chi connectivity index (χ2v) is 6.24. The van der Waals surface area contributed by atoms with E-state index in [0.29, 0.717) is 0 Å². The number of nitrogens with one attached hydrogen (secondary N) is 1. The fourth-order valence-electron chi connectivity index (χ4n) is 3.39. The van der Waals surface area contributed by atoms with Crippen molar-refractivity contribution in [2.45, 2.75) is 51.4 Å². The quantitative estimate of drug-likeness (QED) is 0.716. The van der Waals surface area contributed by atoms with Crippen molar-refractivity contribution in [1.82, 2.24) is 10.2 Å². The molecule has 1 N–H and O–H groups in total. The van der Waals surface area contributed by atoms with Crippen LogP contribution in [0.25, 0.3) is 0 Å². The van der Waals surface area contributed by atoms with Crippen LogP contribution in [0.2, 0.25) is 0 Å². The molecule has 0 aromatic heterocycles. The predicted octanol–water partition coefficient (Wildman–Crippen LogP) is 2.89. The van der Waals surface area contributed by atoms with Crippen LogP contribution in [-0.4, -0.2) is 38.1 Å². The molecular formula is C15H30N2. The molecule has 0 radical (unpaired) electrons. The van der Waals surface area contributed by atoms with E-state index < -0.39 is 0 Å². The number of hydrogen-bond acceptors (Lipinski definition) is 2. The Morgan fingerprint density at radius 2 is 1.71 bits per heavy atom. The van der Waals surface area contributed by atoms with Gasteiger partial charge in [0.1, 0.15) is 0 Å². The first kappa shape index (κ1) is 13.4. The molecule has 0 bridgehead atoms. The number of piperidine rings is 1. The van der Waals surface area contributed by atoms with Crippen LogP contribution in [0.4, 0.5) is 0 Å². The summed E-state index contributed by atoms with van der Waals surface area (Å²) in [7, 11) is 2.24. The molecule has 1 aliphatic carbocycles. The second kappa shape index (κ2) is 7.38. The third-order valence-electron chi connectivity index (χ3n) is 4.71. The molecule has 2 fully saturated rings. The van der Waals surface area contributed by atoms with Crippen molar-refractivity contribution < 1.29 is 0 Å². The lowest BCUT2D eigenvalue weighted by molar-refractivity contribution is 0.216. The summed E-state index contributed by atoms with van der Waals surface area (Å²) in [5.41, 5.74) is 0. The molecule has 2 heteroatoms. The molecule has 1 saturated carbocycles. The van der Waals surface area contributed by atoms with Gasteiger partial charge in [0.25, 0.3) is 0 Å². The van der Waals surface area contributed by atoms with E-state index in [4.69, 9.17) is 0 Å². The van der Waals surface area contributed by atoms with Gasteiger partial charge in [-0.05, 0) is 70.7 Å². The summed E-state index contributed by atoms with van der Waals surface area (Å²) in [6.07, 6.45) is 11.7. The van der Waals surface area contributed by atoms with Crippen molar-refractivity contribution >= 4 is 0 Å². The standard InChI is InChI=1S/C15H30N2/c1-17-11-8-15(9-12-17)13-16-10-4-7-14-5-2-3-6-14/h14-16H,2-13H2,1H3. The molecule has 0 aromatic rings. The highest BCUT2D eigenvalue weighted by molar-refractivity contribution is 4.72. The molecule has 2 aliphatic rings. The van der Waals surface area contributed by atoms with Crippen LogP contribution in [0, 0.1) is 11.8 Å². The molecule has 0 spiro atoms. The van der Waals surface area contributed by atoms with E-state index in [-0.39, 0.29) is 0 Å². The first-order valence-electron chi connectivity index (χ1n) is 7.74. The van der Waals surface area contributed by atoms with E-state index in [2.05, 4.69) is 17.3 Å². The second-order valence-electron chi connectivity index (χ2n) is 6.24. The van der Waals surface area contributed by atoms with Crippen LogP contribution in [0.5, 0.6) is 0 Å². The van der Waals surface area contributed by atoms with Gasteiger partial charge >= 0.3 is 0 Å². The van der Waals surface area contributed by atoms with Gasteiger partial charge in [0.05, 0.1) is 0 Å². The van der Waals surface area contributed by atoms with Crippen molar-refractivity contribution in [2.75, 3.05) is 33.2 Å². The molecule has 1 heterocycles. The van der Waals surface area contributed by atoms with Gasteiger partial charge in [-0.2, -0.15) is 0 Å². The minimum Gasteiger partial charge on any atom is -0.316 e. The fraction of sp³-hybridized carbons (Fsp3) is 1.00. The maximum absolute atomic E-state index is 3.68. The van der Waals surface area contributed by atoms with E-state index in [0.717, 1.165) is 11.8 Å². The Labute approximate surface area is 107 Å². The Hall–Kier alpha value is -0.0800. The van der Waals surface area contributed by atoms with Crippen LogP contribution < -0.4 is 5.32 Å². The summed E-state index contributed by atoms with van der Waals surface area (Å²) in [5, 5.41) is 3.68. The average Bonchev–Trinajstić information content (AvgIpc) is 2.84. The van der Waals surface area contributed by atoms with Crippen molar-refractivity contribution in [2.24, 2.45) is 11.8 Å². The maximum Gasteiger partial charge on any atom is -0.00187 e. The zero-order chi connectivity index (χ0) is 11.9. The summed E-state index contributed by atoms with van der Waals surface area (Å²) in [5.74, 6) is 2.01. The van der Waals surface area contributed by atoms with E-state index in [1.165, 1.54) is 77.5 Å². The summed E-state index contributed by atoms with van der Waals surface area (Å²) >= 11 is 0. The van der Waals surface area contributed by atoms with Crippen LogP contribution in [0.1, 0.15) is 51.4 Å². The molecule has 2 rings (SSSR count). The fourth-order valence-corrected chi connectivity index (χ4v) is 3.39. The molecular weight excluding hydrogens is 208 g/mol. The topological polar surface area (TPSA) is 15.3 Å². The van der Waals surface area contributed by atoms with Gasteiger partial charge in [-0.1, -0.05) is 25.7 Å². The van der Waals surface area contributed by atoms with Crippen molar-refractivity contribution in [3.63, 3.8) is 0 Å². The molecule has 1 saturated heterocycles. The molecule has 0 unspecified atom stereocenters. The smallest absolute Gasteiger partial charge is 0.00187 e. The van der Waals surface area contributed by atoms with Gasteiger partial charge in [-0.15, -0.1) is 0 Å². The molecule has 0 aromatic carbocycles. The van der Waals surface area contributed by atoms with Crippen molar-refractivity contribution in [1.29, 1.82) is 0 Å². The number of likely N-dealkylation sites (tertiary alicyclic amines) is 1. The summed E-state index contributed by atoms with van der Waals surface area (Å²) in [4.78, 5) is 2.45. The van der Waals surface area contributed by atoms with Gasteiger partial charge in [0.15, 0.2) is 0 Å². The highest BCUT2D eigenvalue weighted by Crippen LogP contribution is 2.28. The van der Waals surface area contributed by atoms with Crippen LogP contribution in [0.3, 0.4) is 0 Å². The lowest BCUT2D eigenvalue weighted by Gasteiger charge is -2.29. The largest absolute Gasteiger partial charge is 0.316 e. The Kier molecular flexibility index (Phi) is 5.79. The highest BCUT2D eigenvalue weighted by atomic mass is 15.1. The summed E-state index contributed by atoms with van der Waals surface area (Å²) in [6.45, 7) is 5.12. The zero-order valence-electron chi connectivity index (χ0n) is 11.6. The summed E-state index contributed by atoms with van der Waals surface area (Å²) < 4.78 is 0. The normalized spacial score (nSPS) is 24.5. The highest BCUT2D eigenvalue weighted by Gasteiger charge is 2.16. The third kappa shape index (κ3) is 4.97. The Morgan fingerprint density at radius 1 is 1.00 bits per heavy atom. The third-order valence-corrected chi connectivity index (χ3v) is 4.71. The first-order chi connectivity index (χ1) is 8.34. The minimum absolute atomic E-state index is 0.942. The van der Waals surface area contributed by atoms with Gasteiger partial charge in [0.2, 0.25) is 0 Å². The van der Waals surface area contributed by atoms with Crippen molar-refractivity contribution in [3.8, 4) is 0 Å². The summed E-state index contributed by atoms with van der Waals surface area (Å²) in [6, 6.07) is 0. The lowest BCUT2D eigenvalue weighted by atomic mass is 9.97. The van der Waals surface area contributed by atoms with E-state index in [9.17, 15) is 0 Å². The van der Waals surface area contributed by atoms with Gasteiger partial charge in [-0.25, -0.2) is 0 Å². The lowest BCUT2D eigenvalue weighted by Crippen LogP contribution is -2.35. The zero-order valence-corrected chi connectivity index (χ0v) is 11.6. The van der Waals surface area contributed by atoms with E-state index >= 15 is 0 Å². The molecule has 0 atom stereocenters. The first-order valence-corrected chi connectivity index (χ1v) is 7.74. The number of hydrogen-bond donors (Lipinski definition) is 1. The van der Waals surface area contributed by atoms with Gasteiger partial charge in [0, 0.05) is 0 Å². The Morgan fingerprint density at radius 3 is 2.41 bits per heavy atom. The van der Waals surface area contributed by atoms with E-state index in [1.54, 1.807) is 0 Å². The Balaban J connectivity index is 1.43. The van der Waals surface area contributed by atoms with Gasteiger partial charge in [-0.3, -0.25) is 0 Å². The molecule has 1 aliphatic heterocycles. The van der Waals surface area contributed by atoms with Crippen LogP contribution in [0.15, 0.2) is 0 Å². The Bertz CT molecular complexity index is 191. The van der Waals surface area contributed by atoms with Crippen molar-refractivity contribution in [3.05, 3.63) is 0 Å². The maximum atomic E-state index is 3.68. The predicted molar refractivity (Wildman–Crippen MR) is 74.3 cm³/mol. The molecule has 2 nitrogen and oxygen atoms in total. The van der Waals surface area contributed by atoms with Crippen LogP contribution >= 0.6 is 0 Å². The molecule has 17 heavy (non-hydrogen) atoms. The average molecular weight is 238 g/mol. The minimum atomic E-state index is 0.942.